The lowest BCUT2D eigenvalue weighted by Gasteiger charge is -2.25. The summed E-state index contributed by atoms with van der Waals surface area (Å²) in [7, 11) is 0. The molecule has 0 aliphatic carbocycles. The van der Waals surface area contributed by atoms with Gasteiger partial charge in [0.25, 0.3) is 0 Å². The molecule has 2 N–H and O–H groups in total. The second-order valence-electron chi connectivity index (χ2n) is 5.39. The molecule has 2 aromatic carbocycles. The van der Waals surface area contributed by atoms with Crippen molar-refractivity contribution in [1.29, 1.82) is 0 Å². The number of hydrogen-bond acceptors (Lipinski definition) is 1. The van der Waals surface area contributed by atoms with Crippen LogP contribution in [-0.2, 0) is 12.8 Å². The number of benzene rings is 2. The van der Waals surface area contributed by atoms with Gasteiger partial charge in [-0.1, -0.05) is 29.8 Å². The van der Waals surface area contributed by atoms with Crippen molar-refractivity contribution in [1.82, 2.24) is 0 Å². The molecular formula is C16H16ClF2N. The molecule has 0 aliphatic heterocycles. The Morgan fingerprint density at radius 3 is 2.30 bits per heavy atom. The molecule has 0 saturated carbocycles. The van der Waals surface area contributed by atoms with Gasteiger partial charge < -0.3 is 5.73 Å². The fourth-order valence-corrected chi connectivity index (χ4v) is 2.49. The van der Waals surface area contributed by atoms with E-state index in [1.54, 1.807) is 18.2 Å². The number of halogens is 3. The smallest absolute Gasteiger partial charge is 0.141 e. The molecule has 2 aromatic rings. The Morgan fingerprint density at radius 1 is 1.05 bits per heavy atom. The van der Waals surface area contributed by atoms with Crippen molar-refractivity contribution in [2.75, 3.05) is 0 Å². The van der Waals surface area contributed by atoms with Gasteiger partial charge in [-0.15, -0.1) is 0 Å². The predicted octanol–water partition coefficient (Wildman–Crippen LogP) is 4.12. The molecule has 0 bridgehead atoms. The summed E-state index contributed by atoms with van der Waals surface area (Å²) >= 11 is 5.76. The van der Waals surface area contributed by atoms with Crippen molar-refractivity contribution in [3.05, 3.63) is 70.2 Å². The van der Waals surface area contributed by atoms with Gasteiger partial charge in [-0.05, 0) is 55.2 Å². The zero-order chi connectivity index (χ0) is 14.8. The van der Waals surface area contributed by atoms with Crippen LogP contribution < -0.4 is 5.73 Å². The second kappa shape index (κ2) is 5.90. The highest BCUT2D eigenvalue weighted by Gasteiger charge is 2.20. The molecule has 0 fully saturated rings. The van der Waals surface area contributed by atoms with Crippen LogP contribution in [0.25, 0.3) is 0 Å². The van der Waals surface area contributed by atoms with Gasteiger partial charge in [0.2, 0.25) is 0 Å². The summed E-state index contributed by atoms with van der Waals surface area (Å²) in [4.78, 5) is 0. The summed E-state index contributed by atoms with van der Waals surface area (Å²) in [5.41, 5.74) is 7.39. The third-order valence-electron chi connectivity index (χ3n) is 3.09. The maximum Gasteiger partial charge on any atom is 0.141 e. The topological polar surface area (TPSA) is 26.0 Å². The van der Waals surface area contributed by atoms with Crippen molar-refractivity contribution in [2.45, 2.75) is 25.3 Å². The molecule has 1 unspecified atom stereocenters. The summed E-state index contributed by atoms with van der Waals surface area (Å²) in [6.45, 7) is 1.88. The molecule has 20 heavy (non-hydrogen) atoms. The van der Waals surface area contributed by atoms with Crippen LogP contribution in [0.2, 0.25) is 5.02 Å². The molecule has 0 heterocycles. The lowest BCUT2D eigenvalue weighted by molar-refractivity contribution is 0.461. The standard InChI is InChI=1S/C16H16ClF2N/c1-16(20,9-11-3-2-4-13(18)7-11)10-12-5-6-15(19)14(17)8-12/h2-8H,9-10,20H2,1H3. The molecule has 0 spiro atoms. The first-order chi connectivity index (χ1) is 9.35. The number of hydrogen-bond donors (Lipinski definition) is 1. The summed E-state index contributed by atoms with van der Waals surface area (Å²) in [6.07, 6.45) is 1.06. The zero-order valence-corrected chi connectivity index (χ0v) is 11.9. The van der Waals surface area contributed by atoms with Gasteiger partial charge in [0.15, 0.2) is 0 Å². The third kappa shape index (κ3) is 4.02. The maximum absolute atomic E-state index is 13.2. The normalized spacial score (nSPS) is 14.1. The Morgan fingerprint density at radius 2 is 1.70 bits per heavy atom. The molecule has 0 amide bonds. The lowest BCUT2D eigenvalue weighted by Crippen LogP contribution is -2.40. The van der Waals surface area contributed by atoms with E-state index in [0.717, 1.165) is 11.1 Å². The minimum absolute atomic E-state index is 0.0871. The molecule has 0 aliphatic rings. The lowest BCUT2D eigenvalue weighted by atomic mass is 9.87. The Bertz CT molecular complexity index is 611. The van der Waals surface area contributed by atoms with Crippen LogP contribution in [0.3, 0.4) is 0 Å². The van der Waals surface area contributed by atoms with Crippen LogP contribution >= 0.6 is 11.6 Å². The Kier molecular flexibility index (Phi) is 4.41. The van der Waals surface area contributed by atoms with Crippen LogP contribution in [0.5, 0.6) is 0 Å². The van der Waals surface area contributed by atoms with Gasteiger partial charge in [-0.25, -0.2) is 8.78 Å². The molecule has 1 atom stereocenters. The van der Waals surface area contributed by atoms with Gasteiger partial charge in [0.1, 0.15) is 11.6 Å². The summed E-state index contributed by atoms with van der Waals surface area (Å²) in [5, 5.41) is 0.0871. The van der Waals surface area contributed by atoms with Crippen LogP contribution in [0.4, 0.5) is 8.78 Å². The van der Waals surface area contributed by atoms with E-state index in [2.05, 4.69) is 0 Å². The highest BCUT2D eigenvalue weighted by Crippen LogP contribution is 2.21. The van der Waals surface area contributed by atoms with E-state index in [4.69, 9.17) is 17.3 Å². The van der Waals surface area contributed by atoms with Crippen molar-refractivity contribution in [2.24, 2.45) is 5.73 Å². The number of rotatable bonds is 4. The minimum atomic E-state index is -0.561. The average molecular weight is 296 g/mol. The SMILES string of the molecule is CC(N)(Cc1cccc(F)c1)Cc1ccc(F)c(Cl)c1. The first-order valence-electron chi connectivity index (χ1n) is 6.33. The molecule has 1 nitrogen and oxygen atoms in total. The van der Waals surface area contributed by atoms with Crippen LogP contribution in [0.1, 0.15) is 18.1 Å². The third-order valence-corrected chi connectivity index (χ3v) is 3.38. The van der Waals surface area contributed by atoms with Gasteiger partial charge in [0, 0.05) is 5.54 Å². The minimum Gasteiger partial charge on any atom is -0.325 e. The molecule has 106 valence electrons. The molecule has 2 rings (SSSR count). The van der Waals surface area contributed by atoms with Crippen molar-refractivity contribution < 1.29 is 8.78 Å². The van der Waals surface area contributed by atoms with E-state index in [1.165, 1.54) is 18.2 Å². The van der Waals surface area contributed by atoms with Gasteiger partial charge in [-0.2, -0.15) is 0 Å². The quantitative estimate of drug-likeness (QED) is 0.902. The van der Waals surface area contributed by atoms with Gasteiger partial charge in [0.05, 0.1) is 5.02 Å². The Labute approximate surface area is 122 Å². The average Bonchev–Trinajstić information content (AvgIpc) is 2.33. The Balaban J connectivity index is 2.12. The molecule has 0 radical (unpaired) electrons. The van der Waals surface area contributed by atoms with E-state index < -0.39 is 11.4 Å². The summed E-state index contributed by atoms with van der Waals surface area (Å²) < 4.78 is 26.3. The van der Waals surface area contributed by atoms with E-state index in [1.807, 2.05) is 13.0 Å². The molecular weight excluding hydrogens is 280 g/mol. The first-order valence-corrected chi connectivity index (χ1v) is 6.71. The predicted molar refractivity (Wildman–Crippen MR) is 77.8 cm³/mol. The molecule has 0 saturated heterocycles. The largest absolute Gasteiger partial charge is 0.325 e. The second-order valence-corrected chi connectivity index (χ2v) is 5.79. The first kappa shape index (κ1) is 14.9. The van der Waals surface area contributed by atoms with Crippen LogP contribution in [-0.4, -0.2) is 5.54 Å². The monoisotopic (exact) mass is 295 g/mol. The number of nitrogens with two attached hydrogens (primary N) is 1. The van der Waals surface area contributed by atoms with Crippen molar-refractivity contribution in [3.8, 4) is 0 Å². The van der Waals surface area contributed by atoms with Gasteiger partial charge >= 0.3 is 0 Å². The highest BCUT2D eigenvalue weighted by molar-refractivity contribution is 6.30. The Hall–Kier alpha value is -1.45. The summed E-state index contributed by atoms with van der Waals surface area (Å²) in [5.74, 6) is -0.720. The van der Waals surface area contributed by atoms with E-state index in [9.17, 15) is 8.78 Å². The summed E-state index contributed by atoms with van der Waals surface area (Å²) in [6, 6.07) is 10.9. The fraction of sp³-hybridized carbons (Fsp3) is 0.250. The molecule has 0 aromatic heterocycles. The van der Waals surface area contributed by atoms with E-state index in [0.29, 0.717) is 12.8 Å². The highest BCUT2D eigenvalue weighted by atomic mass is 35.5. The van der Waals surface area contributed by atoms with E-state index >= 15 is 0 Å². The van der Waals surface area contributed by atoms with Crippen LogP contribution in [0.15, 0.2) is 42.5 Å². The van der Waals surface area contributed by atoms with Gasteiger partial charge in [-0.3, -0.25) is 0 Å². The van der Waals surface area contributed by atoms with E-state index in [-0.39, 0.29) is 10.8 Å². The maximum atomic E-state index is 13.2. The van der Waals surface area contributed by atoms with Crippen molar-refractivity contribution in [3.63, 3.8) is 0 Å². The molecule has 4 heteroatoms. The zero-order valence-electron chi connectivity index (χ0n) is 11.2. The van der Waals surface area contributed by atoms with Crippen molar-refractivity contribution >= 4 is 11.6 Å². The fourth-order valence-electron chi connectivity index (χ4n) is 2.29. The van der Waals surface area contributed by atoms with Crippen LogP contribution in [0, 0.1) is 11.6 Å².